The molecule has 0 aromatic heterocycles. The molecular formula is C9H20S. The molecule has 10 heavy (non-hydrogen) atoms. The van der Waals surface area contributed by atoms with E-state index >= 15 is 0 Å². The summed E-state index contributed by atoms with van der Waals surface area (Å²) in [6.45, 7) is 11.4. The van der Waals surface area contributed by atoms with E-state index in [9.17, 15) is 0 Å². The van der Waals surface area contributed by atoms with Gasteiger partial charge < -0.3 is 0 Å². The van der Waals surface area contributed by atoms with E-state index in [1.807, 2.05) is 0 Å². The van der Waals surface area contributed by atoms with Gasteiger partial charge in [0.2, 0.25) is 0 Å². The minimum absolute atomic E-state index is 0.490. The van der Waals surface area contributed by atoms with Gasteiger partial charge in [0.05, 0.1) is 0 Å². The highest BCUT2D eigenvalue weighted by molar-refractivity contribution is 8.00. The normalized spacial score (nSPS) is 12.6. The topological polar surface area (TPSA) is 0 Å². The van der Waals surface area contributed by atoms with Gasteiger partial charge in [-0.05, 0) is 18.1 Å². The summed E-state index contributed by atoms with van der Waals surface area (Å²) in [5.74, 6) is 2.12. The van der Waals surface area contributed by atoms with E-state index < -0.39 is 0 Å². The lowest BCUT2D eigenvalue weighted by Gasteiger charge is -2.22. The van der Waals surface area contributed by atoms with Crippen LogP contribution in [-0.2, 0) is 0 Å². The Balaban J connectivity index is 3.46. The van der Waals surface area contributed by atoms with Gasteiger partial charge in [0.25, 0.3) is 0 Å². The summed E-state index contributed by atoms with van der Waals surface area (Å²) in [7, 11) is 0. The Labute approximate surface area is 69.8 Å². The fourth-order valence-corrected chi connectivity index (χ4v) is 1.48. The van der Waals surface area contributed by atoms with Crippen molar-refractivity contribution in [3.8, 4) is 0 Å². The van der Waals surface area contributed by atoms with Gasteiger partial charge in [0, 0.05) is 4.75 Å². The Morgan fingerprint density at radius 3 is 2.10 bits per heavy atom. The molecule has 0 amide bonds. The van der Waals surface area contributed by atoms with Crippen molar-refractivity contribution in [2.45, 2.75) is 45.8 Å². The summed E-state index contributed by atoms with van der Waals surface area (Å²) in [5.41, 5.74) is 0. The smallest absolute Gasteiger partial charge is 0.0101 e. The zero-order chi connectivity index (χ0) is 8.20. The first-order chi connectivity index (χ1) is 4.48. The monoisotopic (exact) mass is 160 g/mol. The molecule has 0 atom stereocenters. The Morgan fingerprint density at radius 2 is 1.80 bits per heavy atom. The van der Waals surface area contributed by atoms with E-state index in [0.29, 0.717) is 4.75 Å². The molecule has 0 saturated heterocycles. The standard InChI is InChI=1S/C9H20S/c1-6-9(4,5)10-7-8(2)3/h8H,6-7H2,1-5H3. The van der Waals surface area contributed by atoms with Gasteiger partial charge in [-0.3, -0.25) is 0 Å². The molecule has 0 heterocycles. The third kappa shape index (κ3) is 5.16. The molecular weight excluding hydrogens is 140 g/mol. The Kier molecular flexibility index (Phi) is 4.42. The SMILES string of the molecule is CCC(C)(C)SCC(C)C. The van der Waals surface area contributed by atoms with Crippen molar-refractivity contribution >= 4 is 11.8 Å². The molecule has 0 aliphatic heterocycles. The number of thioether (sulfide) groups is 1. The summed E-state index contributed by atoms with van der Waals surface area (Å²) in [5, 5.41) is 0. The van der Waals surface area contributed by atoms with Crippen LogP contribution in [0.5, 0.6) is 0 Å². The molecule has 0 aromatic rings. The quantitative estimate of drug-likeness (QED) is 0.606. The van der Waals surface area contributed by atoms with E-state index in [2.05, 4.69) is 46.4 Å². The molecule has 0 aromatic carbocycles. The van der Waals surface area contributed by atoms with E-state index in [0.717, 1.165) is 5.92 Å². The molecule has 0 radical (unpaired) electrons. The van der Waals surface area contributed by atoms with Gasteiger partial charge in [-0.25, -0.2) is 0 Å². The summed E-state index contributed by atoms with van der Waals surface area (Å²) in [6, 6.07) is 0. The fourth-order valence-electron chi connectivity index (χ4n) is 0.494. The molecule has 0 unspecified atom stereocenters. The highest BCUT2D eigenvalue weighted by Gasteiger charge is 2.15. The van der Waals surface area contributed by atoms with Crippen molar-refractivity contribution in [1.82, 2.24) is 0 Å². The first-order valence-corrected chi connectivity index (χ1v) is 5.10. The first-order valence-electron chi connectivity index (χ1n) is 4.12. The largest absolute Gasteiger partial charge is 0.155 e. The highest BCUT2D eigenvalue weighted by Crippen LogP contribution is 2.28. The fraction of sp³-hybridized carbons (Fsp3) is 1.00. The van der Waals surface area contributed by atoms with E-state index in [-0.39, 0.29) is 0 Å². The van der Waals surface area contributed by atoms with Crippen molar-refractivity contribution in [3.63, 3.8) is 0 Å². The molecule has 0 fully saturated rings. The summed E-state index contributed by atoms with van der Waals surface area (Å²) < 4.78 is 0.490. The lowest BCUT2D eigenvalue weighted by Crippen LogP contribution is -2.14. The molecule has 0 spiro atoms. The van der Waals surface area contributed by atoms with Crippen molar-refractivity contribution in [2.24, 2.45) is 5.92 Å². The van der Waals surface area contributed by atoms with Gasteiger partial charge in [-0.2, -0.15) is 11.8 Å². The van der Waals surface area contributed by atoms with Crippen molar-refractivity contribution in [2.75, 3.05) is 5.75 Å². The number of hydrogen-bond donors (Lipinski definition) is 0. The van der Waals surface area contributed by atoms with Gasteiger partial charge >= 0.3 is 0 Å². The van der Waals surface area contributed by atoms with Crippen molar-refractivity contribution in [1.29, 1.82) is 0 Å². The van der Waals surface area contributed by atoms with Gasteiger partial charge in [-0.15, -0.1) is 0 Å². The van der Waals surface area contributed by atoms with Crippen LogP contribution in [0.1, 0.15) is 41.0 Å². The van der Waals surface area contributed by atoms with Crippen LogP contribution in [0.4, 0.5) is 0 Å². The molecule has 0 saturated carbocycles. The lowest BCUT2D eigenvalue weighted by atomic mass is 10.1. The zero-order valence-corrected chi connectivity index (χ0v) is 8.72. The maximum absolute atomic E-state index is 2.32. The van der Waals surface area contributed by atoms with Crippen LogP contribution in [0.25, 0.3) is 0 Å². The van der Waals surface area contributed by atoms with Gasteiger partial charge in [0.15, 0.2) is 0 Å². The molecule has 0 aliphatic carbocycles. The van der Waals surface area contributed by atoms with Gasteiger partial charge in [0.1, 0.15) is 0 Å². The third-order valence-electron chi connectivity index (χ3n) is 1.66. The van der Waals surface area contributed by atoms with Crippen LogP contribution in [0.15, 0.2) is 0 Å². The van der Waals surface area contributed by atoms with Crippen LogP contribution in [0, 0.1) is 5.92 Å². The molecule has 0 nitrogen and oxygen atoms in total. The van der Waals surface area contributed by atoms with E-state index in [1.165, 1.54) is 12.2 Å². The Hall–Kier alpha value is 0.350. The molecule has 0 bridgehead atoms. The van der Waals surface area contributed by atoms with E-state index in [4.69, 9.17) is 0 Å². The lowest BCUT2D eigenvalue weighted by molar-refractivity contribution is 0.672. The van der Waals surface area contributed by atoms with Crippen molar-refractivity contribution < 1.29 is 0 Å². The average molecular weight is 160 g/mol. The summed E-state index contributed by atoms with van der Waals surface area (Å²) in [4.78, 5) is 0. The predicted molar refractivity (Wildman–Crippen MR) is 51.7 cm³/mol. The van der Waals surface area contributed by atoms with E-state index in [1.54, 1.807) is 0 Å². The average Bonchev–Trinajstić information content (AvgIpc) is 1.85. The molecule has 0 rings (SSSR count). The zero-order valence-electron chi connectivity index (χ0n) is 7.90. The van der Waals surface area contributed by atoms with Crippen LogP contribution in [-0.4, -0.2) is 10.5 Å². The second kappa shape index (κ2) is 4.27. The van der Waals surface area contributed by atoms with Crippen LogP contribution in [0.2, 0.25) is 0 Å². The number of hydrogen-bond acceptors (Lipinski definition) is 1. The summed E-state index contributed by atoms with van der Waals surface area (Å²) >= 11 is 2.09. The maximum Gasteiger partial charge on any atom is 0.0101 e. The number of rotatable bonds is 4. The molecule has 1 heteroatoms. The third-order valence-corrected chi connectivity index (χ3v) is 3.56. The Morgan fingerprint density at radius 1 is 1.30 bits per heavy atom. The minimum Gasteiger partial charge on any atom is -0.155 e. The maximum atomic E-state index is 2.32. The Bertz CT molecular complexity index is 84.7. The van der Waals surface area contributed by atoms with Crippen LogP contribution in [0.3, 0.4) is 0 Å². The van der Waals surface area contributed by atoms with Crippen LogP contribution >= 0.6 is 11.8 Å². The first kappa shape index (κ1) is 10.3. The van der Waals surface area contributed by atoms with Crippen LogP contribution < -0.4 is 0 Å². The minimum atomic E-state index is 0.490. The molecule has 0 N–H and O–H groups in total. The second-order valence-electron chi connectivity index (χ2n) is 3.82. The molecule has 0 aliphatic rings. The van der Waals surface area contributed by atoms with Gasteiger partial charge in [-0.1, -0.05) is 34.6 Å². The summed E-state index contributed by atoms with van der Waals surface area (Å²) in [6.07, 6.45) is 1.27. The predicted octanol–water partition coefficient (Wildman–Crippen LogP) is 3.56. The molecule has 62 valence electrons. The van der Waals surface area contributed by atoms with Crippen molar-refractivity contribution in [3.05, 3.63) is 0 Å². The highest BCUT2D eigenvalue weighted by atomic mass is 32.2. The second-order valence-corrected chi connectivity index (χ2v) is 5.55.